The van der Waals surface area contributed by atoms with E-state index in [2.05, 4.69) is 38.2 Å². The summed E-state index contributed by atoms with van der Waals surface area (Å²) in [6.07, 6.45) is 55.6. The van der Waals surface area contributed by atoms with Crippen molar-refractivity contribution < 1.29 is 24.5 Å². The summed E-state index contributed by atoms with van der Waals surface area (Å²) >= 11 is 0. The van der Waals surface area contributed by atoms with Crippen LogP contribution in [0, 0.1) is 0 Å². The number of esters is 1. The maximum Gasteiger partial charge on any atom is 0.306 e. The maximum atomic E-state index is 13.2. The fraction of sp³-hybridized carbons (Fsp3) is 0.927. The van der Waals surface area contributed by atoms with Crippen LogP contribution in [-0.4, -0.2) is 46.9 Å². The Bertz CT molecular complexity index is 924. The molecule has 0 fully saturated rings. The molecule has 0 saturated carbocycles. The van der Waals surface area contributed by atoms with Crippen LogP contribution in [0.25, 0.3) is 0 Å². The molecule has 0 aliphatic carbocycles. The molecule has 0 radical (unpaired) electrons. The predicted octanol–water partition coefficient (Wildman–Crippen LogP) is 16.5. The summed E-state index contributed by atoms with van der Waals surface area (Å²) < 4.78 is 5.95. The number of amides is 1. The molecule has 3 unspecified atom stereocenters. The van der Waals surface area contributed by atoms with E-state index in [9.17, 15) is 19.8 Å². The van der Waals surface area contributed by atoms with E-state index >= 15 is 0 Å². The van der Waals surface area contributed by atoms with E-state index in [1.165, 1.54) is 205 Å². The number of ether oxygens (including phenoxy) is 1. The molecule has 3 N–H and O–H groups in total. The van der Waals surface area contributed by atoms with Crippen LogP contribution in [0.15, 0.2) is 12.2 Å². The quantitative estimate of drug-likeness (QED) is 0.0322. The smallest absolute Gasteiger partial charge is 0.306 e. The van der Waals surface area contributed by atoms with Crippen molar-refractivity contribution in [1.29, 1.82) is 0 Å². The molecule has 0 saturated heterocycles. The first-order valence-corrected chi connectivity index (χ1v) is 27.4. The van der Waals surface area contributed by atoms with Crippen molar-refractivity contribution in [2.24, 2.45) is 0 Å². The van der Waals surface area contributed by atoms with Crippen molar-refractivity contribution in [3.63, 3.8) is 0 Å². The van der Waals surface area contributed by atoms with E-state index in [1.807, 2.05) is 0 Å². The van der Waals surface area contributed by atoms with Gasteiger partial charge in [-0.15, -0.1) is 0 Å². The topological polar surface area (TPSA) is 95.9 Å². The fourth-order valence-electron chi connectivity index (χ4n) is 8.66. The third-order valence-electron chi connectivity index (χ3n) is 12.8. The molecule has 0 heterocycles. The van der Waals surface area contributed by atoms with Gasteiger partial charge < -0.3 is 20.3 Å². The van der Waals surface area contributed by atoms with Gasteiger partial charge in [0.25, 0.3) is 0 Å². The zero-order valence-electron chi connectivity index (χ0n) is 41.3. The van der Waals surface area contributed by atoms with E-state index in [0.717, 1.165) is 51.4 Å². The Morgan fingerprint density at radius 2 is 0.787 bits per heavy atom. The number of aliphatic hydroxyl groups excluding tert-OH is 2. The molecule has 362 valence electrons. The minimum absolute atomic E-state index is 0.0819. The summed E-state index contributed by atoms with van der Waals surface area (Å²) in [5.74, 6) is -0.458. The molecular formula is C55H107NO5. The van der Waals surface area contributed by atoms with Crippen LogP contribution in [-0.2, 0) is 14.3 Å². The normalized spacial score (nSPS) is 13.2. The van der Waals surface area contributed by atoms with Crippen molar-refractivity contribution in [2.45, 2.75) is 322 Å². The molecule has 3 atom stereocenters. The van der Waals surface area contributed by atoms with Crippen molar-refractivity contribution in [1.82, 2.24) is 5.32 Å². The number of nitrogens with one attached hydrogen (secondary N) is 1. The number of unbranched alkanes of at least 4 members (excludes halogenated alkanes) is 36. The lowest BCUT2D eigenvalue weighted by atomic mass is 10.0. The third-order valence-corrected chi connectivity index (χ3v) is 12.8. The highest BCUT2D eigenvalue weighted by Crippen LogP contribution is 2.19. The number of rotatable bonds is 50. The second-order valence-electron chi connectivity index (χ2n) is 19.0. The molecule has 0 aliphatic heterocycles. The van der Waals surface area contributed by atoms with E-state index < -0.39 is 18.2 Å². The maximum absolute atomic E-state index is 13.2. The van der Waals surface area contributed by atoms with E-state index in [0.29, 0.717) is 19.3 Å². The van der Waals surface area contributed by atoms with Crippen molar-refractivity contribution in [2.75, 3.05) is 6.61 Å². The minimum atomic E-state index is -0.782. The number of carbonyl (C=O) groups excluding carboxylic acids is 2. The Balaban J connectivity index is 4.54. The molecule has 0 aromatic rings. The van der Waals surface area contributed by atoms with Crippen molar-refractivity contribution in [3.8, 4) is 0 Å². The Hall–Kier alpha value is -1.40. The lowest BCUT2D eigenvalue weighted by Crippen LogP contribution is -2.46. The molecule has 0 rings (SSSR count). The molecule has 0 bridgehead atoms. The first-order valence-electron chi connectivity index (χ1n) is 27.4. The second kappa shape index (κ2) is 49.6. The summed E-state index contributed by atoms with van der Waals surface area (Å²) in [6.45, 7) is 6.50. The van der Waals surface area contributed by atoms with Crippen LogP contribution in [0.3, 0.4) is 0 Å². The monoisotopic (exact) mass is 862 g/mol. The largest absolute Gasteiger partial charge is 0.462 e. The molecule has 6 nitrogen and oxygen atoms in total. The summed E-state index contributed by atoms with van der Waals surface area (Å²) in [5, 5.41) is 23.8. The number of aliphatic hydroxyl groups is 2. The van der Waals surface area contributed by atoms with Gasteiger partial charge in [0.1, 0.15) is 6.10 Å². The van der Waals surface area contributed by atoms with Gasteiger partial charge >= 0.3 is 5.97 Å². The van der Waals surface area contributed by atoms with Gasteiger partial charge in [-0.05, 0) is 51.4 Å². The van der Waals surface area contributed by atoms with E-state index in [1.54, 1.807) is 0 Å². The molecule has 6 heteroatoms. The van der Waals surface area contributed by atoms with Crippen LogP contribution in [0.2, 0.25) is 0 Å². The molecule has 61 heavy (non-hydrogen) atoms. The van der Waals surface area contributed by atoms with Gasteiger partial charge in [-0.25, -0.2) is 0 Å². The van der Waals surface area contributed by atoms with Crippen LogP contribution < -0.4 is 5.32 Å². The number of allylic oxidation sites excluding steroid dienone is 2. The van der Waals surface area contributed by atoms with Gasteiger partial charge in [-0.3, -0.25) is 9.59 Å². The summed E-state index contributed by atoms with van der Waals surface area (Å²) in [6, 6.07) is -0.696. The summed E-state index contributed by atoms with van der Waals surface area (Å²) in [7, 11) is 0. The lowest BCUT2D eigenvalue weighted by molar-refractivity contribution is -0.151. The lowest BCUT2D eigenvalue weighted by Gasteiger charge is -2.24. The number of hydrogen-bond acceptors (Lipinski definition) is 5. The zero-order valence-corrected chi connectivity index (χ0v) is 41.3. The van der Waals surface area contributed by atoms with Crippen molar-refractivity contribution >= 4 is 11.9 Å². The molecule has 0 spiro atoms. The van der Waals surface area contributed by atoms with E-state index in [4.69, 9.17) is 4.74 Å². The Kier molecular flexibility index (Phi) is 48.5. The van der Waals surface area contributed by atoms with Gasteiger partial charge in [0.15, 0.2) is 0 Å². The fourth-order valence-corrected chi connectivity index (χ4v) is 8.66. The Labute approximate surface area is 380 Å². The molecule has 1 amide bonds. The van der Waals surface area contributed by atoms with Crippen LogP contribution in [0.5, 0.6) is 0 Å². The molecule has 0 aromatic carbocycles. The molecular weight excluding hydrogens is 755 g/mol. The summed E-state index contributed by atoms with van der Waals surface area (Å²) in [4.78, 5) is 26.2. The standard InChI is InChI=1S/C55H107NO5/c1-4-7-10-13-16-19-22-24-26-27-28-29-32-34-37-40-43-46-51(61-55(60)48-45-42-39-36-33-30-25-23-20-17-14-11-8-5-2)49-54(59)56-52(50-57)53(58)47-44-41-38-35-31-21-18-15-12-9-6-3/h24,26,51-53,57-58H,4-23,25,27-50H2,1-3H3,(H,56,59)/b26-24+. The third kappa shape index (κ3) is 45.0. The van der Waals surface area contributed by atoms with Crippen molar-refractivity contribution in [3.05, 3.63) is 12.2 Å². The van der Waals surface area contributed by atoms with Gasteiger partial charge in [0, 0.05) is 6.42 Å². The first-order chi connectivity index (χ1) is 30.0. The Morgan fingerprint density at radius 3 is 1.16 bits per heavy atom. The van der Waals surface area contributed by atoms with Gasteiger partial charge in [0.2, 0.25) is 5.91 Å². The molecule has 0 aliphatic rings. The minimum Gasteiger partial charge on any atom is -0.462 e. The zero-order chi connectivity index (χ0) is 44.5. The van der Waals surface area contributed by atoms with Gasteiger partial charge in [-0.2, -0.15) is 0 Å². The van der Waals surface area contributed by atoms with Gasteiger partial charge in [0.05, 0.1) is 25.2 Å². The van der Waals surface area contributed by atoms with Crippen LogP contribution >= 0.6 is 0 Å². The highest BCUT2D eigenvalue weighted by molar-refractivity contribution is 5.77. The number of carbonyl (C=O) groups is 2. The number of hydrogen-bond donors (Lipinski definition) is 3. The molecule has 0 aromatic heterocycles. The van der Waals surface area contributed by atoms with Gasteiger partial charge in [-0.1, -0.05) is 251 Å². The average molecular weight is 862 g/mol. The first kappa shape index (κ1) is 59.6. The predicted molar refractivity (Wildman–Crippen MR) is 264 cm³/mol. The van der Waals surface area contributed by atoms with Crippen LogP contribution in [0.1, 0.15) is 303 Å². The van der Waals surface area contributed by atoms with Crippen LogP contribution in [0.4, 0.5) is 0 Å². The second-order valence-corrected chi connectivity index (χ2v) is 19.0. The Morgan fingerprint density at radius 1 is 0.459 bits per heavy atom. The SMILES string of the molecule is CCCCCCCC/C=C/CCCCCCCCCC(CC(=O)NC(CO)C(O)CCCCCCCCCCCCC)OC(=O)CCCCCCCCCCCCCCCC. The average Bonchev–Trinajstić information content (AvgIpc) is 3.25. The highest BCUT2D eigenvalue weighted by Gasteiger charge is 2.24. The highest BCUT2D eigenvalue weighted by atomic mass is 16.5. The van der Waals surface area contributed by atoms with E-state index in [-0.39, 0.29) is 24.9 Å². The summed E-state index contributed by atoms with van der Waals surface area (Å²) in [5.41, 5.74) is 0.